The highest BCUT2D eigenvalue weighted by Crippen LogP contribution is 1.99. The molecule has 1 rings (SSSR count). The van der Waals surface area contributed by atoms with Crippen molar-refractivity contribution < 1.29 is 0 Å². The summed E-state index contributed by atoms with van der Waals surface area (Å²) in [7, 11) is 0. The number of hydrogen-bond donors (Lipinski definition) is 1. The van der Waals surface area contributed by atoms with Crippen LogP contribution in [0.3, 0.4) is 0 Å². The van der Waals surface area contributed by atoms with Gasteiger partial charge in [0.05, 0.1) is 0 Å². The zero-order chi connectivity index (χ0) is 8.81. The lowest BCUT2D eigenvalue weighted by molar-refractivity contribution is 0.767. The van der Waals surface area contributed by atoms with E-state index >= 15 is 0 Å². The van der Waals surface area contributed by atoms with E-state index < -0.39 is 0 Å². The number of nitrogens with zero attached hydrogens (tertiary/aromatic N) is 1. The molecule has 0 fully saturated rings. The normalized spacial score (nSPS) is 22.5. The molecule has 0 spiro atoms. The van der Waals surface area contributed by atoms with Gasteiger partial charge in [-0.3, -0.25) is 4.99 Å². The van der Waals surface area contributed by atoms with E-state index in [4.69, 9.17) is 0 Å². The quantitative estimate of drug-likeness (QED) is 0.581. The van der Waals surface area contributed by atoms with Crippen molar-refractivity contribution >= 4 is 5.71 Å². The zero-order valence-corrected chi connectivity index (χ0v) is 7.80. The SMILES string of the molecule is CC1=C/C=C/CNCCC(C)=N1. The number of hydrogen-bond acceptors (Lipinski definition) is 2. The van der Waals surface area contributed by atoms with Crippen LogP contribution in [0.1, 0.15) is 20.3 Å². The van der Waals surface area contributed by atoms with Crippen LogP contribution >= 0.6 is 0 Å². The van der Waals surface area contributed by atoms with Gasteiger partial charge in [-0.25, -0.2) is 0 Å². The highest BCUT2D eigenvalue weighted by atomic mass is 14.8. The first-order chi connectivity index (χ1) is 5.79. The molecule has 1 aliphatic rings. The number of allylic oxidation sites excluding steroid dienone is 3. The molecule has 0 radical (unpaired) electrons. The lowest BCUT2D eigenvalue weighted by Crippen LogP contribution is -2.17. The Balaban J connectivity index is 2.69. The van der Waals surface area contributed by atoms with E-state index in [1.807, 2.05) is 19.1 Å². The van der Waals surface area contributed by atoms with Crippen LogP contribution in [0.5, 0.6) is 0 Å². The van der Waals surface area contributed by atoms with E-state index in [1.165, 1.54) is 5.71 Å². The molecule has 0 saturated carbocycles. The molecule has 0 aromatic heterocycles. The third-order valence-corrected chi connectivity index (χ3v) is 1.77. The van der Waals surface area contributed by atoms with Crippen LogP contribution in [0.2, 0.25) is 0 Å². The second kappa shape index (κ2) is 4.88. The Kier molecular flexibility index (Phi) is 3.74. The van der Waals surface area contributed by atoms with Crippen molar-refractivity contribution in [1.82, 2.24) is 5.32 Å². The van der Waals surface area contributed by atoms with Gasteiger partial charge in [0.15, 0.2) is 0 Å². The second-order valence-electron chi connectivity index (χ2n) is 3.04. The van der Waals surface area contributed by atoms with E-state index in [0.29, 0.717) is 0 Å². The fraction of sp³-hybridized carbons (Fsp3) is 0.500. The first-order valence-corrected chi connectivity index (χ1v) is 4.37. The number of rotatable bonds is 0. The smallest absolute Gasteiger partial charge is 0.0371 e. The van der Waals surface area contributed by atoms with Crippen LogP contribution in [0.15, 0.2) is 28.9 Å². The van der Waals surface area contributed by atoms with Crippen LogP contribution in [0.25, 0.3) is 0 Å². The summed E-state index contributed by atoms with van der Waals surface area (Å²) in [6, 6.07) is 0. The van der Waals surface area contributed by atoms with Crippen molar-refractivity contribution in [1.29, 1.82) is 0 Å². The molecule has 1 aliphatic heterocycles. The Morgan fingerprint density at radius 1 is 1.42 bits per heavy atom. The van der Waals surface area contributed by atoms with Gasteiger partial charge in [0.25, 0.3) is 0 Å². The second-order valence-corrected chi connectivity index (χ2v) is 3.04. The molecule has 12 heavy (non-hydrogen) atoms. The highest BCUT2D eigenvalue weighted by Gasteiger charge is 1.92. The third kappa shape index (κ3) is 3.49. The van der Waals surface area contributed by atoms with Crippen molar-refractivity contribution in [3.63, 3.8) is 0 Å². The Morgan fingerprint density at radius 3 is 3.08 bits per heavy atom. The summed E-state index contributed by atoms with van der Waals surface area (Å²) in [6.07, 6.45) is 7.24. The van der Waals surface area contributed by atoms with Crippen molar-refractivity contribution in [2.75, 3.05) is 13.1 Å². The van der Waals surface area contributed by atoms with E-state index in [9.17, 15) is 0 Å². The van der Waals surface area contributed by atoms with Gasteiger partial charge in [0.2, 0.25) is 0 Å². The Morgan fingerprint density at radius 2 is 2.25 bits per heavy atom. The molecule has 0 unspecified atom stereocenters. The molecular formula is C10H16N2. The number of nitrogens with one attached hydrogen (secondary N) is 1. The molecule has 0 aromatic rings. The lowest BCUT2D eigenvalue weighted by Gasteiger charge is -2.03. The third-order valence-electron chi connectivity index (χ3n) is 1.77. The van der Waals surface area contributed by atoms with Crippen LogP contribution < -0.4 is 5.32 Å². The standard InChI is InChI=1S/C10H16N2/c1-9-5-3-4-7-11-8-6-10(2)12-9/h3-5,11H,6-8H2,1-2H3/b4-3+,9-5?,12-10?. The Labute approximate surface area is 74.1 Å². The molecule has 2 nitrogen and oxygen atoms in total. The van der Waals surface area contributed by atoms with Crippen molar-refractivity contribution in [3.05, 3.63) is 23.9 Å². The molecule has 66 valence electrons. The maximum atomic E-state index is 4.42. The molecule has 0 aliphatic carbocycles. The average molecular weight is 164 g/mol. The van der Waals surface area contributed by atoms with Crippen molar-refractivity contribution in [2.24, 2.45) is 4.99 Å². The molecule has 1 heterocycles. The zero-order valence-electron chi connectivity index (χ0n) is 7.80. The van der Waals surface area contributed by atoms with Crippen LogP contribution in [0.4, 0.5) is 0 Å². The molecule has 0 atom stereocenters. The van der Waals surface area contributed by atoms with Gasteiger partial charge < -0.3 is 5.32 Å². The minimum absolute atomic E-state index is 0.955. The molecule has 2 heteroatoms. The molecule has 0 bridgehead atoms. The van der Waals surface area contributed by atoms with E-state index in [1.54, 1.807) is 0 Å². The topological polar surface area (TPSA) is 24.4 Å². The molecule has 1 N–H and O–H groups in total. The molecular weight excluding hydrogens is 148 g/mol. The summed E-state index contributed by atoms with van der Waals surface area (Å²) < 4.78 is 0. The van der Waals surface area contributed by atoms with E-state index in [0.717, 1.165) is 25.2 Å². The molecule has 0 aromatic carbocycles. The summed E-state index contributed by atoms with van der Waals surface area (Å²) >= 11 is 0. The van der Waals surface area contributed by atoms with Gasteiger partial charge in [-0.15, -0.1) is 0 Å². The predicted molar refractivity (Wildman–Crippen MR) is 53.5 cm³/mol. The molecule has 0 saturated heterocycles. The monoisotopic (exact) mass is 164 g/mol. The van der Waals surface area contributed by atoms with Crippen molar-refractivity contribution in [2.45, 2.75) is 20.3 Å². The Hall–Kier alpha value is -0.890. The van der Waals surface area contributed by atoms with Gasteiger partial charge in [-0.1, -0.05) is 12.2 Å². The predicted octanol–water partition coefficient (Wildman–Crippen LogP) is 1.90. The fourth-order valence-electron chi connectivity index (χ4n) is 1.12. The largest absolute Gasteiger partial charge is 0.313 e. The van der Waals surface area contributed by atoms with Crippen LogP contribution in [0, 0.1) is 0 Å². The van der Waals surface area contributed by atoms with E-state index in [2.05, 4.69) is 23.3 Å². The minimum atomic E-state index is 0.955. The number of aliphatic imine (C=N–C) groups is 1. The maximum absolute atomic E-state index is 4.42. The first-order valence-electron chi connectivity index (χ1n) is 4.37. The molecule has 0 amide bonds. The summed E-state index contributed by atoms with van der Waals surface area (Å²) in [5, 5.41) is 3.30. The minimum Gasteiger partial charge on any atom is -0.313 e. The summed E-state index contributed by atoms with van der Waals surface area (Å²) in [6.45, 7) is 6.08. The van der Waals surface area contributed by atoms with E-state index in [-0.39, 0.29) is 0 Å². The van der Waals surface area contributed by atoms with Crippen molar-refractivity contribution in [3.8, 4) is 0 Å². The average Bonchev–Trinajstić information content (AvgIpc) is 2.02. The van der Waals surface area contributed by atoms with Gasteiger partial charge in [-0.2, -0.15) is 0 Å². The van der Waals surface area contributed by atoms with Gasteiger partial charge in [0.1, 0.15) is 0 Å². The van der Waals surface area contributed by atoms with Crippen LogP contribution in [-0.2, 0) is 0 Å². The fourth-order valence-corrected chi connectivity index (χ4v) is 1.12. The lowest BCUT2D eigenvalue weighted by atomic mass is 10.2. The summed E-state index contributed by atoms with van der Waals surface area (Å²) in [5.74, 6) is 0. The Bertz CT molecular complexity index is 224. The summed E-state index contributed by atoms with van der Waals surface area (Å²) in [5.41, 5.74) is 2.29. The van der Waals surface area contributed by atoms with Gasteiger partial charge in [-0.05, 0) is 26.3 Å². The van der Waals surface area contributed by atoms with Gasteiger partial charge in [0, 0.05) is 24.5 Å². The van der Waals surface area contributed by atoms with Crippen LogP contribution in [-0.4, -0.2) is 18.8 Å². The highest BCUT2D eigenvalue weighted by molar-refractivity contribution is 5.83. The maximum Gasteiger partial charge on any atom is 0.0371 e. The van der Waals surface area contributed by atoms with Gasteiger partial charge >= 0.3 is 0 Å². The first kappa shape index (κ1) is 9.20. The summed E-state index contributed by atoms with van der Waals surface area (Å²) in [4.78, 5) is 4.42.